The molecule has 8 heteroatoms. The largest absolute Gasteiger partial charge is 0.447 e. The van der Waals surface area contributed by atoms with Crippen molar-refractivity contribution in [3.63, 3.8) is 0 Å². The van der Waals surface area contributed by atoms with Crippen molar-refractivity contribution in [1.29, 1.82) is 0 Å². The van der Waals surface area contributed by atoms with Gasteiger partial charge in [-0.25, -0.2) is 0 Å². The standard InChI is InChI=1S/C21H19ClN4O2S/c1-4-13-5-7-14(8-6-13)20-26(12(2)27)17-10-9-15(22)11-16(17)18-19(28-20)23-21(29-3)25-24-18/h5-11,20H,4H2,1-3H3/t20-/m0/s1. The summed E-state index contributed by atoms with van der Waals surface area (Å²) in [6.07, 6.45) is 2.11. The minimum atomic E-state index is -0.689. The highest BCUT2D eigenvalue weighted by Crippen LogP contribution is 2.44. The number of thioether (sulfide) groups is 1. The third-order valence-corrected chi connectivity index (χ3v) is 5.53. The molecular weight excluding hydrogens is 408 g/mol. The number of hydrogen-bond acceptors (Lipinski definition) is 6. The fraction of sp³-hybridized carbons (Fsp3) is 0.238. The molecule has 1 aliphatic heterocycles. The molecule has 2 aromatic carbocycles. The molecule has 2 heterocycles. The van der Waals surface area contributed by atoms with Gasteiger partial charge in [-0.05, 0) is 36.4 Å². The first-order valence-electron chi connectivity index (χ1n) is 9.15. The van der Waals surface area contributed by atoms with Crippen molar-refractivity contribution in [2.75, 3.05) is 11.2 Å². The summed E-state index contributed by atoms with van der Waals surface area (Å²) in [6, 6.07) is 13.3. The monoisotopic (exact) mass is 426 g/mol. The smallest absolute Gasteiger partial charge is 0.247 e. The minimum absolute atomic E-state index is 0.163. The molecule has 0 saturated carbocycles. The fourth-order valence-corrected chi connectivity index (χ4v) is 3.77. The van der Waals surface area contributed by atoms with Gasteiger partial charge in [0.1, 0.15) is 0 Å². The van der Waals surface area contributed by atoms with Gasteiger partial charge in [-0.3, -0.25) is 9.69 Å². The summed E-state index contributed by atoms with van der Waals surface area (Å²) >= 11 is 7.62. The molecule has 4 rings (SSSR count). The topological polar surface area (TPSA) is 68.2 Å². The molecule has 0 unspecified atom stereocenters. The molecule has 0 saturated heterocycles. The van der Waals surface area contributed by atoms with E-state index in [1.54, 1.807) is 23.1 Å². The van der Waals surface area contributed by atoms with E-state index in [2.05, 4.69) is 22.1 Å². The van der Waals surface area contributed by atoms with Gasteiger partial charge in [-0.2, -0.15) is 4.98 Å². The van der Waals surface area contributed by atoms with E-state index in [-0.39, 0.29) is 5.91 Å². The number of carbonyl (C=O) groups excluding carboxylic acids is 1. The average Bonchev–Trinajstić information content (AvgIpc) is 2.87. The van der Waals surface area contributed by atoms with Crippen molar-refractivity contribution in [2.45, 2.75) is 31.7 Å². The Bertz CT molecular complexity index is 1070. The molecule has 1 aromatic heterocycles. The quantitative estimate of drug-likeness (QED) is 0.553. The lowest BCUT2D eigenvalue weighted by Gasteiger charge is -2.30. The van der Waals surface area contributed by atoms with Crippen molar-refractivity contribution in [1.82, 2.24) is 15.2 Å². The molecule has 0 aliphatic carbocycles. The Labute approximate surface area is 178 Å². The van der Waals surface area contributed by atoms with Gasteiger partial charge in [0, 0.05) is 23.1 Å². The summed E-state index contributed by atoms with van der Waals surface area (Å²) < 4.78 is 6.29. The van der Waals surface area contributed by atoms with E-state index in [1.807, 2.05) is 30.5 Å². The summed E-state index contributed by atoms with van der Waals surface area (Å²) in [7, 11) is 0. The van der Waals surface area contributed by atoms with Crippen LogP contribution in [-0.2, 0) is 11.2 Å². The van der Waals surface area contributed by atoms with Crippen molar-refractivity contribution >= 4 is 35.0 Å². The maximum atomic E-state index is 12.7. The second-order valence-electron chi connectivity index (χ2n) is 6.57. The van der Waals surface area contributed by atoms with Crippen molar-refractivity contribution in [2.24, 2.45) is 0 Å². The average molecular weight is 427 g/mol. The minimum Gasteiger partial charge on any atom is -0.447 e. The summed E-state index contributed by atoms with van der Waals surface area (Å²) in [4.78, 5) is 18.8. The molecule has 1 atom stereocenters. The summed E-state index contributed by atoms with van der Waals surface area (Å²) in [5.74, 6) is 0.158. The number of rotatable bonds is 3. The maximum absolute atomic E-state index is 12.7. The first-order valence-corrected chi connectivity index (χ1v) is 10.8. The maximum Gasteiger partial charge on any atom is 0.247 e. The lowest BCUT2D eigenvalue weighted by atomic mass is 10.1. The molecule has 1 aliphatic rings. The molecule has 0 radical (unpaired) electrons. The number of benzene rings is 2. The van der Waals surface area contributed by atoms with Crippen LogP contribution < -0.4 is 9.64 Å². The molecular formula is C21H19ClN4O2S. The summed E-state index contributed by atoms with van der Waals surface area (Å²) in [5, 5.41) is 9.49. The Balaban J connectivity index is 1.95. The van der Waals surface area contributed by atoms with E-state index < -0.39 is 6.23 Å². The van der Waals surface area contributed by atoms with Crippen molar-refractivity contribution < 1.29 is 9.53 Å². The number of ether oxygens (including phenoxy) is 1. The zero-order chi connectivity index (χ0) is 20.5. The lowest BCUT2D eigenvalue weighted by molar-refractivity contribution is -0.118. The van der Waals surface area contributed by atoms with Gasteiger partial charge in [0.25, 0.3) is 0 Å². The van der Waals surface area contributed by atoms with Crippen LogP contribution in [0.4, 0.5) is 5.69 Å². The molecule has 1 amide bonds. The van der Waals surface area contributed by atoms with Crippen molar-refractivity contribution in [3.8, 4) is 17.1 Å². The molecule has 0 fully saturated rings. The number of aryl methyl sites for hydroxylation is 1. The third-order valence-electron chi connectivity index (χ3n) is 4.76. The number of amides is 1. The van der Waals surface area contributed by atoms with Gasteiger partial charge in [0.2, 0.25) is 23.2 Å². The van der Waals surface area contributed by atoms with E-state index in [0.717, 1.165) is 12.0 Å². The van der Waals surface area contributed by atoms with Crippen LogP contribution in [0.2, 0.25) is 5.02 Å². The highest BCUT2D eigenvalue weighted by Gasteiger charge is 2.34. The fourth-order valence-electron chi connectivity index (χ4n) is 3.30. The first kappa shape index (κ1) is 19.7. The zero-order valence-electron chi connectivity index (χ0n) is 16.2. The highest BCUT2D eigenvalue weighted by atomic mass is 35.5. The number of hydrogen-bond donors (Lipinski definition) is 0. The zero-order valence-corrected chi connectivity index (χ0v) is 17.8. The molecule has 0 spiro atoms. The number of carbonyl (C=O) groups is 1. The van der Waals surface area contributed by atoms with Crippen LogP contribution in [0.25, 0.3) is 11.3 Å². The molecule has 0 bridgehead atoms. The van der Waals surface area contributed by atoms with Crippen LogP contribution in [0.3, 0.4) is 0 Å². The van der Waals surface area contributed by atoms with Crippen LogP contribution >= 0.6 is 23.4 Å². The van der Waals surface area contributed by atoms with Crippen molar-refractivity contribution in [3.05, 3.63) is 58.6 Å². The SMILES string of the molecule is CCc1ccc([C@@H]2Oc3nc(SC)nnc3-c3cc(Cl)ccc3N2C(C)=O)cc1. The second kappa shape index (κ2) is 8.00. The van der Waals surface area contributed by atoms with Gasteiger partial charge in [-0.1, -0.05) is 54.6 Å². The third kappa shape index (κ3) is 3.68. The van der Waals surface area contributed by atoms with Crippen LogP contribution in [0.5, 0.6) is 5.88 Å². The lowest BCUT2D eigenvalue weighted by Crippen LogP contribution is -2.36. The Morgan fingerprint density at radius 1 is 1.21 bits per heavy atom. The summed E-state index contributed by atoms with van der Waals surface area (Å²) in [6.45, 7) is 3.61. The number of nitrogens with zero attached hydrogens (tertiary/aromatic N) is 4. The first-order chi connectivity index (χ1) is 14.0. The molecule has 6 nitrogen and oxygen atoms in total. The normalized spacial score (nSPS) is 15.2. The molecule has 29 heavy (non-hydrogen) atoms. The summed E-state index contributed by atoms with van der Waals surface area (Å²) in [5.41, 5.74) is 3.81. The van der Waals surface area contributed by atoms with Gasteiger partial charge < -0.3 is 4.74 Å². The molecule has 0 N–H and O–H groups in total. The van der Waals surface area contributed by atoms with Gasteiger partial charge in [0.15, 0.2) is 5.69 Å². The van der Waals surface area contributed by atoms with E-state index in [4.69, 9.17) is 16.3 Å². The Morgan fingerprint density at radius 2 is 1.97 bits per heavy atom. The Kier molecular flexibility index (Phi) is 5.43. The van der Waals surface area contributed by atoms with Crippen LogP contribution in [0, 0.1) is 0 Å². The predicted molar refractivity (Wildman–Crippen MR) is 114 cm³/mol. The van der Waals surface area contributed by atoms with E-state index in [1.165, 1.54) is 24.2 Å². The Morgan fingerprint density at radius 3 is 2.62 bits per heavy atom. The second-order valence-corrected chi connectivity index (χ2v) is 7.78. The van der Waals surface area contributed by atoms with Gasteiger partial charge in [0.05, 0.1) is 5.69 Å². The van der Waals surface area contributed by atoms with E-state index in [9.17, 15) is 4.79 Å². The van der Waals surface area contributed by atoms with Crippen LogP contribution in [0.1, 0.15) is 31.2 Å². The van der Waals surface area contributed by atoms with E-state index in [0.29, 0.717) is 33.0 Å². The van der Waals surface area contributed by atoms with Gasteiger partial charge in [-0.15, -0.1) is 10.2 Å². The van der Waals surface area contributed by atoms with Crippen LogP contribution in [-0.4, -0.2) is 27.3 Å². The van der Waals surface area contributed by atoms with Crippen LogP contribution in [0.15, 0.2) is 47.6 Å². The number of aromatic nitrogens is 3. The molecule has 3 aromatic rings. The van der Waals surface area contributed by atoms with Gasteiger partial charge >= 0.3 is 0 Å². The number of fused-ring (bicyclic) bond motifs is 3. The number of halogens is 1. The molecule has 148 valence electrons. The Hall–Kier alpha value is -2.64. The number of anilines is 1. The predicted octanol–water partition coefficient (Wildman–Crippen LogP) is 4.92. The highest BCUT2D eigenvalue weighted by molar-refractivity contribution is 7.98. The van der Waals surface area contributed by atoms with E-state index >= 15 is 0 Å².